The van der Waals surface area contributed by atoms with E-state index in [1.165, 1.54) is 30.5 Å². The summed E-state index contributed by atoms with van der Waals surface area (Å²) in [7, 11) is 0. The average molecular weight is 821 g/mol. The van der Waals surface area contributed by atoms with Gasteiger partial charge in [0.15, 0.2) is 11.6 Å². The Bertz CT molecular complexity index is 2500. The van der Waals surface area contributed by atoms with E-state index in [9.17, 15) is 18.4 Å². The van der Waals surface area contributed by atoms with Crippen LogP contribution in [0.5, 0.6) is 0 Å². The topological polar surface area (TPSA) is 159 Å². The lowest BCUT2D eigenvalue weighted by atomic mass is 9.90. The molecule has 0 atom stereocenters. The molecule has 0 aliphatic carbocycles. The molecule has 0 unspecified atom stereocenters. The standard InChI is InChI=1S/C21H21FN6O.C13H18N4O.C8H4ClFN2/c1-21(2)17-18(24-8-7-23-17)28(19(21)29)15-5-9-27(10-6-15)20-25-12-13-11-14(22)3-4-16(13)26-20;1-13(2)10-11(16-8-7-15-10)17(12(13)18)9-3-5-14-6-4-9;9-8-11-4-5-3-6(10)1-2-7(5)12-8/h3-4,7-8,11-12,15H,5-6,9-10H2,1-2H3;7-9,14H,3-6H2,1-2H3;1-4H. The minimum Gasteiger partial charge on any atom is -0.341 e. The number of hydrogen-bond acceptors (Lipinski definition) is 12. The van der Waals surface area contributed by atoms with Crippen LogP contribution >= 0.6 is 11.6 Å². The second-order valence-corrected chi connectivity index (χ2v) is 16.3. The average Bonchev–Trinajstić information content (AvgIpc) is 3.58. The zero-order valence-corrected chi connectivity index (χ0v) is 33.9. The predicted molar refractivity (Wildman–Crippen MR) is 220 cm³/mol. The summed E-state index contributed by atoms with van der Waals surface area (Å²) in [5.74, 6) is 1.68. The molecule has 1 N–H and O–H groups in total. The summed E-state index contributed by atoms with van der Waals surface area (Å²) in [6.45, 7) is 11.1. The maximum atomic E-state index is 13.4. The van der Waals surface area contributed by atoms with Gasteiger partial charge in [0.1, 0.15) is 11.6 Å². The first kappa shape index (κ1) is 39.9. The van der Waals surface area contributed by atoms with Crippen molar-refractivity contribution in [3.63, 3.8) is 0 Å². The van der Waals surface area contributed by atoms with E-state index in [1.54, 1.807) is 43.1 Å². The highest BCUT2D eigenvalue weighted by Gasteiger charge is 2.50. The van der Waals surface area contributed by atoms with E-state index in [1.807, 2.05) is 37.5 Å². The van der Waals surface area contributed by atoms with Crippen LogP contribution in [0.3, 0.4) is 0 Å². The Kier molecular flexibility index (Phi) is 10.9. The molecule has 0 radical (unpaired) electrons. The molecule has 304 valence electrons. The molecule has 6 aromatic rings. The number of nitrogens with one attached hydrogen (secondary N) is 1. The summed E-state index contributed by atoms with van der Waals surface area (Å²) < 4.78 is 26.0. The second kappa shape index (κ2) is 16.1. The smallest absolute Gasteiger partial charge is 0.240 e. The first-order valence-electron chi connectivity index (χ1n) is 19.6. The van der Waals surface area contributed by atoms with Gasteiger partial charge < -0.3 is 10.2 Å². The van der Waals surface area contributed by atoms with Crippen LogP contribution in [0.4, 0.5) is 26.4 Å². The first-order valence-corrected chi connectivity index (χ1v) is 20.0. The fourth-order valence-electron chi connectivity index (χ4n) is 8.09. The van der Waals surface area contributed by atoms with E-state index >= 15 is 0 Å². The summed E-state index contributed by atoms with van der Waals surface area (Å²) in [6.07, 6.45) is 13.3. The van der Waals surface area contributed by atoms with Crippen molar-refractivity contribution < 1.29 is 18.4 Å². The highest BCUT2D eigenvalue weighted by atomic mass is 35.5. The van der Waals surface area contributed by atoms with Crippen LogP contribution < -0.4 is 20.0 Å². The Morgan fingerprint density at radius 3 is 1.66 bits per heavy atom. The SMILES string of the molecule is CC1(C)C(=O)N(C2CCN(c3ncc4cc(F)ccc4n3)CC2)c2nccnc21.CC1(C)C(=O)N(C2CCNCC2)c2nccnc21.Fc1ccc2nc(Cl)ncc2c1. The van der Waals surface area contributed by atoms with Crippen LogP contribution in [0.1, 0.15) is 64.8 Å². The molecule has 4 aliphatic heterocycles. The fraction of sp³-hybridized carbons (Fsp3) is 0.381. The van der Waals surface area contributed by atoms with Crippen molar-refractivity contribution in [2.75, 3.05) is 40.9 Å². The van der Waals surface area contributed by atoms with Gasteiger partial charge in [0, 0.05) is 73.1 Å². The number of halogens is 3. The van der Waals surface area contributed by atoms with E-state index in [0.717, 1.165) is 74.6 Å². The number of piperidine rings is 2. The molecular weight excluding hydrogens is 778 g/mol. The Balaban J connectivity index is 0.000000137. The number of benzene rings is 2. The normalized spacial score (nSPS) is 18.6. The van der Waals surface area contributed by atoms with Gasteiger partial charge >= 0.3 is 0 Å². The zero-order valence-electron chi connectivity index (χ0n) is 33.1. The second-order valence-electron chi connectivity index (χ2n) is 16.0. The molecule has 2 saturated heterocycles. The molecule has 14 nitrogen and oxygen atoms in total. The molecule has 0 spiro atoms. The number of fused-ring (bicyclic) bond motifs is 4. The quantitative estimate of drug-likeness (QED) is 0.204. The van der Waals surface area contributed by atoms with Gasteiger partial charge in [0.05, 0.1) is 33.3 Å². The fourth-order valence-corrected chi connectivity index (χ4v) is 8.23. The van der Waals surface area contributed by atoms with E-state index in [0.29, 0.717) is 28.1 Å². The van der Waals surface area contributed by atoms with Crippen LogP contribution in [0.25, 0.3) is 21.8 Å². The van der Waals surface area contributed by atoms with Crippen molar-refractivity contribution in [2.24, 2.45) is 0 Å². The van der Waals surface area contributed by atoms with Crippen LogP contribution in [0.2, 0.25) is 5.28 Å². The number of amides is 2. The monoisotopic (exact) mass is 820 g/mol. The van der Waals surface area contributed by atoms with E-state index in [-0.39, 0.29) is 40.8 Å². The zero-order chi connectivity index (χ0) is 41.5. The van der Waals surface area contributed by atoms with Crippen molar-refractivity contribution in [1.82, 2.24) is 45.2 Å². The van der Waals surface area contributed by atoms with Crippen molar-refractivity contribution in [3.8, 4) is 0 Å². The Hall–Kier alpha value is -5.87. The summed E-state index contributed by atoms with van der Waals surface area (Å²) >= 11 is 5.54. The van der Waals surface area contributed by atoms with Crippen molar-refractivity contribution in [1.29, 1.82) is 0 Å². The first-order chi connectivity index (χ1) is 28.3. The number of hydrogen-bond donors (Lipinski definition) is 1. The Labute approximate surface area is 344 Å². The predicted octanol–water partition coefficient (Wildman–Crippen LogP) is 6.13. The minimum absolute atomic E-state index is 0.0566. The van der Waals surface area contributed by atoms with Gasteiger partial charge in [-0.2, -0.15) is 0 Å². The van der Waals surface area contributed by atoms with Gasteiger partial charge in [-0.15, -0.1) is 0 Å². The van der Waals surface area contributed by atoms with E-state index in [2.05, 4.69) is 50.1 Å². The summed E-state index contributed by atoms with van der Waals surface area (Å²) in [6, 6.07) is 9.12. The Morgan fingerprint density at radius 1 is 0.644 bits per heavy atom. The van der Waals surface area contributed by atoms with Gasteiger partial charge in [-0.05, 0) is 114 Å². The molecular formula is C42H43ClF2N12O2. The lowest BCUT2D eigenvalue weighted by molar-refractivity contribution is -0.123. The Morgan fingerprint density at radius 2 is 1.12 bits per heavy atom. The van der Waals surface area contributed by atoms with Gasteiger partial charge in [-0.25, -0.2) is 38.7 Å². The molecule has 0 bridgehead atoms. The number of nitrogens with zero attached hydrogens (tertiary/aromatic N) is 11. The highest BCUT2D eigenvalue weighted by molar-refractivity contribution is 6.28. The number of anilines is 3. The molecule has 2 amide bonds. The van der Waals surface area contributed by atoms with Crippen LogP contribution in [-0.2, 0) is 20.4 Å². The maximum absolute atomic E-state index is 13.4. The number of aromatic nitrogens is 8. The molecule has 2 fully saturated rings. The van der Waals surface area contributed by atoms with Crippen molar-refractivity contribution in [3.05, 3.63) is 102 Å². The van der Waals surface area contributed by atoms with Crippen LogP contribution in [0, 0.1) is 11.6 Å². The third kappa shape index (κ3) is 7.74. The van der Waals surface area contributed by atoms with Gasteiger partial charge in [-0.1, -0.05) is 0 Å². The number of rotatable bonds is 3. The van der Waals surface area contributed by atoms with Gasteiger partial charge in [0.25, 0.3) is 0 Å². The largest absolute Gasteiger partial charge is 0.341 e. The summed E-state index contributed by atoms with van der Waals surface area (Å²) in [5, 5.41) is 4.84. The lowest BCUT2D eigenvalue weighted by Crippen LogP contribution is -2.49. The third-order valence-electron chi connectivity index (χ3n) is 11.3. The van der Waals surface area contributed by atoms with Crippen molar-refractivity contribution >= 4 is 62.8 Å². The van der Waals surface area contributed by atoms with Crippen LogP contribution in [-0.4, -0.2) is 89.9 Å². The molecule has 59 heavy (non-hydrogen) atoms. The molecule has 0 saturated carbocycles. The molecule has 8 heterocycles. The minimum atomic E-state index is -0.655. The molecule has 17 heteroatoms. The summed E-state index contributed by atoms with van der Waals surface area (Å²) in [4.78, 5) is 65.8. The highest BCUT2D eigenvalue weighted by Crippen LogP contribution is 2.42. The van der Waals surface area contributed by atoms with E-state index in [4.69, 9.17) is 11.6 Å². The van der Waals surface area contributed by atoms with E-state index < -0.39 is 10.8 Å². The molecule has 4 aromatic heterocycles. The third-order valence-corrected chi connectivity index (χ3v) is 11.5. The molecule has 4 aliphatic rings. The maximum Gasteiger partial charge on any atom is 0.240 e. The summed E-state index contributed by atoms with van der Waals surface area (Å²) in [5.41, 5.74) is 1.73. The van der Waals surface area contributed by atoms with Crippen molar-refractivity contribution in [2.45, 2.75) is 76.3 Å². The van der Waals surface area contributed by atoms with Gasteiger partial charge in [0.2, 0.25) is 23.0 Å². The number of carbonyl (C=O) groups excluding carboxylic acids is 2. The lowest BCUT2D eigenvalue weighted by Gasteiger charge is -2.37. The molecule has 2 aromatic carbocycles. The molecule has 10 rings (SSSR count). The van der Waals surface area contributed by atoms with Crippen LogP contribution in [0.15, 0.2) is 73.6 Å². The number of carbonyl (C=O) groups is 2. The van der Waals surface area contributed by atoms with Gasteiger partial charge in [-0.3, -0.25) is 29.4 Å².